The molecule has 4 rings (SSSR count). The number of furan rings is 1. The first kappa shape index (κ1) is 27.0. The third kappa shape index (κ3) is 5.90. The molecular formula is C27H21F2NO6S2. The van der Waals surface area contributed by atoms with Crippen LogP contribution in [0.2, 0.25) is 0 Å². The number of rotatable bonds is 8. The number of sulfonamides is 1. The molecule has 38 heavy (non-hydrogen) atoms. The number of carbonyl (C=O) groups is 1. The molecule has 1 heterocycles. The zero-order chi connectivity index (χ0) is 27.4. The Balaban J connectivity index is 1.55. The van der Waals surface area contributed by atoms with Gasteiger partial charge in [0, 0.05) is 5.56 Å². The first-order chi connectivity index (χ1) is 18.1. The van der Waals surface area contributed by atoms with Gasteiger partial charge in [0.1, 0.15) is 11.5 Å². The third-order valence-electron chi connectivity index (χ3n) is 5.64. The van der Waals surface area contributed by atoms with Crippen LogP contribution in [0.15, 0.2) is 88.2 Å². The van der Waals surface area contributed by atoms with Gasteiger partial charge in [0.25, 0.3) is 10.0 Å². The lowest BCUT2D eigenvalue weighted by Crippen LogP contribution is -2.30. The standard InChI is InChI=1S/C27H21F2NO6S2/c1-16-5-3-4-6-24(16)38(33,34)30-26(31)23-15-22(17(2)35-23)25(37-32)20-9-7-18(8-10-20)19-11-13-21(14-12-19)36-27(28)29/h3-15,27H,1-2H3,(H,30,31). The van der Waals surface area contributed by atoms with Crippen LogP contribution in [0.5, 0.6) is 5.75 Å². The largest absolute Gasteiger partial charge is 0.455 e. The lowest BCUT2D eigenvalue weighted by Gasteiger charge is -2.08. The highest BCUT2D eigenvalue weighted by molar-refractivity contribution is 7.90. The Bertz CT molecular complexity index is 1640. The van der Waals surface area contributed by atoms with Crippen molar-refractivity contribution in [3.63, 3.8) is 0 Å². The van der Waals surface area contributed by atoms with E-state index >= 15 is 0 Å². The molecule has 196 valence electrons. The molecule has 0 saturated carbocycles. The molecule has 0 atom stereocenters. The summed E-state index contributed by atoms with van der Waals surface area (Å²) in [4.78, 5) is 13.0. The minimum Gasteiger partial charge on any atom is -0.455 e. The minimum atomic E-state index is -4.14. The van der Waals surface area contributed by atoms with E-state index in [1.807, 2.05) is 4.72 Å². The van der Waals surface area contributed by atoms with E-state index in [2.05, 4.69) is 4.74 Å². The van der Waals surface area contributed by atoms with Crippen LogP contribution in [0.25, 0.3) is 11.1 Å². The van der Waals surface area contributed by atoms with Crippen molar-refractivity contribution < 1.29 is 35.4 Å². The Labute approximate surface area is 221 Å². The van der Waals surface area contributed by atoms with E-state index in [4.69, 9.17) is 4.42 Å². The van der Waals surface area contributed by atoms with E-state index in [1.165, 1.54) is 24.3 Å². The molecule has 1 aromatic heterocycles. The van der Waals surface area contributed by atoms with Gasteiger partial charge in [-0.15, -0.1) is 0 Å². The maximum absolute atomic E-state index is 12.7. The smallest absolute Gasteiger partial charge is 0.387 e. The number of aryl methyl sites for hydroxylation is 2. The fourth-order valence-corrected chi connectivity index (χ4v) is 5.53. The van der Waals surface area contributed by atoms with Crippen LogP contribution >= 0.6 is 0 Å². The molecule has 0 radical (unpaired) electrons. The van der Waals surface area contributed by atoms with Gasteiger partial charge >= 0.3 is 12.5 Å². The number of nitrogens with one attached hydrogen (secondary N) is 1. The van der Waals surface area contributed by atoms with Gasteiger partial charge in [0.2, 0.25) is 0 Å². The van der Waals surface area contributed by atoms with Gasteiger partial charge in [-0.05, 0) is 60.4 Å². The molecule has 0 aliphatic rings. The van der Waals surface area contributed by atoms with Gasteiger partial charge in [0.05, 0.1) is 21.0 Å². The molecule has 4 aromatic rings. The summed E-state index contributed by atoms with van der Waals surface area (Å²) in [5, 5.41) is 0. The van der Waals surface area contributed by atoms with E-state index in [0.717, 1.165) is 11.1 Å². The van der Waals surface area contributed by atoms with Crippen molar-refractivity contribution >= 4 is 32.1 Å². The third-order valence-corrected chi connectivity index (χ3v) is 7.75. The highest BCUT2D eigenvalue weighted by Crippen LogP contribution is 2.25. The van der Waals surface area contributed by atoms with E-state index in [-0.39, 0.29) is 38.3 Å². The van der Waals surface area contributed by atoms with Gasteiger partial charge in [-0.25, -0.2) is 17.3 Å². The summed E-state index contributed by atoms with van der Waals surface area (Å²) >= 11 is 0.206. The number of ether oxygens (including phenoxy) is 1. The van der Waals surface area contributed by atoms with Gasteiger partial charge in [0.15, 0.2) is 5.76 Å². The Morgan fingerprint density at radius 3 is 2.13 bits per heavy atom. The second kappa shape index (κ2) is 11.1. The Hall–Kier alpha value is -4.09. The summed E-state index contributed by atoms with van der Waals surface area (Å²) in [6, 6.07) is 20.6. The SMILES string of the molecule is Cc1ccccc1S(=O)(=O)NC(=O)c1cc(C(=S=O)c2ccc(-c3ccc(OC(F)F)cc3)cc2)c(C)o1. The molecule has 1 N–H and O–H groups in total. The predicted octanol–water partition coefficient (Wildman–Crippen LogP) is 5.07. The number of hydrogen-bond donors (Lipinski definition) is 1. The van der Waals surface area contributed by atoms with Crippen LogP contribution in [-0.4, -0.2) is 30.0 Å². The van der Waals surface area contributed by atoms with E-state index in [0.29, 0.717) is 16.7 Å². The average molecular weight is 558 g/mol. The number of benzene rings is 3. The van der Waals surface area contributed by atoms with Crippen molar-refractivity contribution in [2.24, 2.45) is 0 Å². The monoisotopic (exact) mass is 557 g/mol. The molecule has 11 heteroatoms. The fraction of sp³-hybridized carbons (Fsp3) is 0.111. The molecule has 0 saturated heterocycles. The molecule has 1 amide bonds. The lowest BCUT2D eigenvalue weighted by molar-refractivity contribution is -0.0498. The van der Waals surface area contributed by atoms with E-state index in [1.54, 1.807) is 68.4 Å². The summed E-state index contributed by atoms with van der Waals surface area (Å²) in [6.07, 6.45) is 0. The van der Waals surface area contributed by atoms with Crippen molar-refractivity contribution in [1.82, 2.24) is 4.72 Å². The zero-order valence-electron chi connectivity index (χ0n) is 20.1. The summed E-state index contributed by atoms with van der Waals surface area (Å²) < 4.78 is 74.0. The molecule has 7 nitrogen and oxygen atoms in total. The summed E-state index contributed by atoms with van der Waals surface area (Å²) in [7, 11) is -4.14. The van der Waals surface area contributed by atoms with Crippen LogP contribution < -0.4 is 9.46 Å². The molecule has 0 aliphatic carbocycles. The van der Waals surface area contributed by atoms with Crippen molar-refractivity contribution in [1.29, 1.82) is 0 Å². The number of halogens is 2. The second-order valence-electron chi connectivity index (χ2n) is 8.17. The molecule has 0 spiro atoms. The topological polar surface area (TPSA) is 103 Å². The van der Waals surface area contributed by atoms with Gasteiger partial charge in [-0.1, -0.05) is 54.6 Å². The van der Waals surface area contributed by atoms with E-state index < -0.39 is 22.5 Å². The molecule has 0 aliphatic heterocycles. The average Bonchev–Trinajstić information content (AvgIpc) is 3.26. The lowest BCUT2D eigenvalue weighted by atomic mass is 10.00. The van der Waals surface area contributed by atoms with Crippen molar-refractivity contribution in [2.75, 3.05) is 0 Å². The van der Waals surface area contributed by atoms with Crippen molar-refractivity contribution in [2.45, 2.75) is 25.4 Å². The van der Waals surface area contributed by atoms with E-state index in [9.17, 15) is 26.2 Å². The van der Waals surface area contributed by atoms with Crippen LogP contribution in [0, 0.1) is 13.8 Å². The maximum Gasteiger partial charge on any atom is 0.387 e. The number of alkyl halides is 2. The fourth-order valence-electron chi connectivity index (χ4n) is 3.80. The van der Waals surface area contributed by atoms with Gasteiger partial charge < -0.3 is 9.15 Å². The molecular weight excluding hydrogens is 536 g/mol. The molecule has 0 bridgehead atoms. The highest BCUT2D eigenvalue weighted by Gasteiger charge is 2.24. The summed E-state index contributed by atoms with van der Waals surface area (Å²) in [5.41, 5.74) is 2.91. The Morgan fingerprint density at radius 2 is 1.55 bits per heavy atom. The van der Waals surface area contributed by atoms with Crippen molar-refractivity contribution in [3.8, 4) is 16.9 Å². The quantitative estimate of drug-likeness (QED) is 0.240. The number of carbonyl (C=O) groups excluding carboxylic acids is 1. The first-order valence-corrected chi connectivity index (χ1v) is 13.4. The van der Waals surface area contributed by atoms with Crippen LogP contribution in [0.4, 0.5) is 8.78 Å². The highest BCUT2D eigenvalue weighted by atomic mass is 32.2. The number of amides is 1. The summed E-state index contributed by atoms with van der Waals surface area (Å²) in [6.45, 7) is 0.271. The van der Waals surface area contributed by atoms with Gasteiger partial charge in [-0.2, -0.15) is 8.78 Å². The van der Waals surface area contributed by atoms with Crippen molar-refractivity contribution in [3.05, 3.63) is 107 Å². The predicted molar refractivity (Wildman–Crippen MR) is 139 cm³/mol. The van der Waals surface area contributed by atoms with Crippen LogP contribution in [0.1, 0.15) is 33.0 Å². The maximum atomic E-state index is 12.7. The molecule has 0 unspecified atom stereocenters. The summed E-state index contributed by atoms with van der Waals surface area (Å²) in [5.74, 6) is -0.919. The van der Waals surface area contributed by atoms with Gasteiger partial charge in [-0.3, -0.25) is 4.79 Å². The second-order valence-corrected chi connectivity index (χ2v) is 10.4. The zero-order valence-corrected chi connectivity index (χ0v) is 21.7. The Morgan fingerprint density at radius 1 is 0.947 bits per heavy atom. The minimum absolute atomic E-state index is 0.0319. The molecule has 3 aromatic carbocycles. The van der Waals surface area contributed by atoms with Crippen LogP contribution in [0.3, 0.4) is 0 Å². The molecule has 0 fully saturated rings. The number of hydrogen-bond acceptors (Lipinski definition) is 6. The normalized spacial score (nSPS) is 11.3. The Kier molecular flexibility index (Phi) is 7.88. The first-order valence-electron chi connectivity index (χ1n) is 11.1. The van der Waals surface area contributed by atoms with Crippen LogP contribution in [-0.2, 0) is 21.3 Å².